The Balaban J connectivity index is 1.83. The van der Waals surface area contributed by atoms with Crippen LogP contribution < -0.4 is 5.32 Å². The highest BCUT2D eigenvalue weighted by molar-refractivity contribution is 4.86. The molecule has 2 aliphatic rings. The predicted molar refractivity (Wildman–Crippen MR) is 71.1 cm³/mol. The van der Waals surface area contributed by atoms with E-state index < -0.39 is 0 Å². The number of aliphatic hydroxyl groups excluding tert-OH is 1. The van der Waals surface area contributed by atoms with Crippen molar-refractivity contribution in [3.8, 4) is 0 Å². The van der Waals surface area contributed by atoms with E-state index in [1.165, 1.54) is 45.2 Å². The van der Waals surface area contributed by atoms with Crippen LogP contribution in [0, 0.1) is 5.92 Å². The summed E-state index contributed by atoms with van der Waals surface area (Å²) >= 11 is 0. The van der Waals surface area contributed by atoms with Crippen molar-refractivity contribution in [3.63, 3.8) is 0 Å². The van der Waals surface area contributed by atoms with E-state index in [1.54, 1.807) is 0 Å². The van der Waals surface area contributed by atoms with E-state index in [9.17, 15) is 5.11 Å². The van der Waals surface area contributed by atoms with Crippen LogP contribution in [-0.2, 0) is 0 Å². The van der Waals surface area contributed by atoms with Gasteiger partial charge < -0.3 is 10.4 Å². The average molecular weight is 240 g/mol. The SMILES string of the molecule is CCNCC1CCCN(C2CCCCC2O)C1. The third-order valence-corrected chi connectivity index (χ3v) is 4.40. The summed E-state index contributed by atoms with van der Waals surface area (Å²) in [6.07, 6.45) is 7.32. The number of likely N-dealkylation sites (tertiary alicyclic amines) is 1. The number of aliphatic hydroxyl groups is 1. The minimum Gasteiger partial charge on any atom is -0.391 e. The Bertz CT molecular complexity index is 222. The summed E-state index contributed by atoms with van der Waals surface area (Å²) in [5.41, 5.74) is 0. The summed E-state index contributed by atoms with van der Waals surface area (Å²) in [5, 5.41) is 13.6. The fourth-order valence-corrected chi connectivity index (χ4v) is 3.43. The van der Waals surface area contributed by atoms with Crippen molar-refractivity contribution in [2.24, 2.45) is 5.92 Å². The number of hydrogen-bond acceptors (Lipinski definition) is 3. The molecule has 3 heteroatoms. The highest BCUT2D eigenvalue weighted by Crippen LogP contribution is 2.27. The largest absolute Gasteiger partial charge is 0.391 e. The van der Waals surface area contributed by atoms with Gasteiger partial charge in [-0.3, -0.25) is 4.90 Å². The molecule has 0 aromatic heterocycles. The lowest BCUT2D eigenvalue weighted by Gasteiger charge is -2.42. The van der Waals surface area contributed by atoms with E-state index in [0.29, 0.717) is 6.04 Å². The molecule has 3 unspecified atom stereocenters. The summed E-state index contributed by atoms with van der Waals surface area (Å²) in [7, 11) is 0. The van der Waals surface area contributed by atoms with Crippen molar-refractivity contribution in [2.45, 2.75) is 57.6 Å². The quantitative estimate of drug-likeness (QED) is 0.784. The molecule has 1 saturated heterocycles. The summed E-state index contributed by atoms with van der Waals surface area (Å²) in [5.74, 6) is 0.790. The zero-order valence-corrected chi connectivity index (χ0v) is 11.2. The molecule has 1 heterocycles. The highest BCUT2D eigenvalue weighted by atomic mass is 16.3. The lowest BCUT2D eigenvalue weighted by Crippen LogP contribution is -2.50. The standard InChI is InChI=1S/C14H28N2O/c1-2-15-10-12-6-5-9-16(11-12)13-7-3-4-8-14(13)17/h12-15,17H,2-11H2,1H3. The van der Waals surface area contributed by atoms with Crippen LogP contribution in [0.15, 0.2) is 0 Å². The molecule has 1 aliphatic heterocycles. The van der Waals surface area contributed by atoms with Gasteiger partial charge in [0.2, 0.25) is 0 Å². The lowest BCUT2D eigenvalue weighted by atomic mass is 9.88. The van der Waals surface area contributed by atoms with Gasteiger partial charge in [0.05, 0.1) is 6.10 Å². The minimum atomic E-state index is -0.0679. The molecule has 0 bridgehead atoms. The van der Waals surface area contributed by atoms with Crippen LogP contribution >= 0.6 is 0 Å². The molecule has 2 fully saturated rings. The first-order valence-corrected chi connectivity index (χ1v) is 7.44. The van der Waals surface area contributed by atoms with Gasteiger partial charge >= 0.3 is 0 Å². The Morgan fingerprint density at radius 1 is 1.18 bits per heavy atom. The van der Waals surface area contributed by atoms with Gasteiger partial charge in [0.1, 0.15) is 0 Å². The Hall–Kier alpha value is -0.120. The van der Waals surface area contributed by atoms with Crippen LogP contribution in [0.2, 0.25) is 0 Å². The first-order valence-electron chi connectivity index (χ1n) is 7.44. The Kier molecular flexibility index (Phi) is 5.26. The molecule has 3 nitrogen and oxygen atoms in total. The molecule has 2 rings (SSSR count). The predicted octanol–water partition coefficient (Wildman–Crippen LogP) is 1.61. The maximum absolute atomic E-state index is 10.1. The molecule has 0 aromatic carbocycles. The van der Waals surface area contributed by atoms with Gasteiger partial charge in [-0.15, -0.1) is 0 Å². The maximum Gasteiger partial charge on any atom is 0.0695 e. The molecule has 0 aromatic rings. The summed E-state index contributed by atoms with van der Waals surface area (Å²) < 4.78 is 0. The van der Waals surface area contributed by atoms with Gasteiger partial charge in [0.25, 0.3) is 0 Å². The second-order valence-corrected chi connectivity index (χ2v) is 5.73. The minimum absolute atomic E-state index is 0.0679. The van der Waals surface area contributed by atoms with Crippen LogP contribution in [0.4, 0.5) is 0 Å². The molecular weight excluding hydrogens is 212 g/mol. The molecule has 0 spiro atoms. The van der Waals surface area contributed by atoms with Crippen molar-refractivity contribution >= 4 is 0 Å². The third-order valence-electron chi connectivity index (χ3n) is 4.40. The van der Waals surface area contributed by atoms with Crippen LogP contribution in [-0.4, -0.2) is 48.3 Å². The van der Waals surface area contributed by atoms with Gasteiger partial charge in [-0.2, -0.15) is 0 Å². The Morgan fingerprint density at radius 3 is 2.76 bits per heavy atom. The Labute approximate surface area is 106 Å². The molecule has 17 heavy (non-hydrogen) atoms. The van der Waals surface area contributed by atoms with Crippen LogP contribution in [0.3, 0.4) is 0 Å². The summed E-state index contributed by atoms with van der Waals surface area (Å²) in [6, 6.07) is 0.452. The van der Waals surface area contributed by atoms with Crippen molar-refractivity contribution in [2.75, 3.05) is 26.2 Å². The van der Waals surface area contributed by atoms with E-state index in [-0.39, 0.29) is 6.10 Å². The van der Waals surface area contributed by atoms with E-state index in [4.69, 9.17) is 0 Å². The monoisotopic (exact) mass is 240 g/mol. The van der Waals surface area contributed by atoms with Crippen molar-refractivity contribution < 1.29 is 5.11 Å². The smallest absolute Gasteiger partial charge is 0.0695 e. The third kappa shape index (κ3) is 3.67. The van der Waals surface area contributed by atoms with Gasteiger partial charge in [-0.25, -0.2) is 0 Å². The molecule has 0 radical (unpaired) electrons. The zero-order chi connectivity index (χ0) is 12.1. The second-order valence-electron chi connectivity index (χ2n) is 5.73. The average Bonchev–Trinajstić information content (AvgIpc) is 2.37. The molecule has 2 N–H and O–H groups in total. The fourth-order valence-electron chi connectivity index (χ4n) is 3.43. The Morgan fingerprint density at radius 2 is 2.00 bits per heavy atom. The van der Waals surface area contributed by atoms with E-state index in [2.05, 4.69) is 17.1 Å². The molecule has 1 aliphatic carbocycles. The number of piperidine rings is 1. The van der Waals surface area contributed by atoms with E-state index >= 15 is 0 Å². The number of nitrogens with one attached hydrogen (secondary N) is 1. The molecule has 3 atom stereocenters. The van der Waals surface area contributed by atoms with Gasteiger partial charge in [0.15, 0.2) is 0 Å². The first kappa shape index (κ1) is 13.3. The van der Waals surface area contributed by atoms with Gasteiger partial charge in [-0.1, -0.05) is 19.8 Å². The van der Waals surface area contributed by atoms with Crippen molar-refractivity contribution in [1.29, 1.82) is 0 Å². The van der Waals surface area contributed by atoms with Crippen LogP contribution in [0.25, 0.3) is 0 Å². The fraction of sp³-hybridized carbons (Fsp3) is 1.00. The van der Waals surface area contributed by atoms with E-state index in [0.717, 1.165) is 25.4 Å². The summed E-state index contributed by atoms with van der Waals surface area (Å²) in [4.78, 5) is 2.56. The van der Waals surface area contributed by atoms with Crippen molar-refractivity contribution in [3.05, 3.63) is 0 Å². The molecule has 1 saturated carbocycles. The highest BCUT2D eigenvalue weighted by Gasteiger charge is 2.31. The second kappa shape index (κ2) is 6.72. The molecular formula is C14H28N2O. The lowest BCUT2D eigenvalue weighted by molar-refractivity contribution is 0.000385. The van der Waals surface area contributed by atoms with Crippen molar-refractivity contribution in [1.82, 2.24) is 10.2 Å². The zero-order valence-electron chi connectivity index (χ0n) is 11.2. The number of nitrogens with zero attached hydrogens (tertiary/aromatic N) is 1. The summed E-state index contributed by atoms with van der Waals surface area (Å²) in [6.45, 7) is 6.78. The maximum atomic E-state index is 10.1. The first-order chi connectivity index (χ1) is 8.31. The van der Waals surface area contributed by atoms with Gasteiger partial charge in [0, 0.05) is 12.6 Å². The normalized spacial score (nSPS) is 36.0. The van der Waals surface area contributed by atoms with Gasteiger partial charge in [-0.05, 0) is 51.2 Å². The molecule has 100 valence electrons. The van der Waals surface area contributed by atoms with E-state index in [1.807, 2.05) is 0 Å². The topological polar surface area (TPSA) is 35.5 Å². The molecule has 0 amide bonds. The van der Waals surface area contributed by atoms with Crippen LogP contribution in [0.1, 0.15) is 45.4 Å². The number of rotatable bonds is 4. The van der Waals surface area contributed by atoms with Crippen LogP contribution in [0.5, 0.6) is 0 Å². The number of hydrogen-bond donors (Lipinski definition) is 2.